The van der Waals surface area contributed by atoms with Crippen LogP contribution in [-0.4, -0.2) is 31.3 Å². The molecule has 0 spiro atoms. The highest BCUT2D eigenvalue weighted by molar-refractivity contribution is 5.91. The van der Waals surface area contributed by atoms with E-state index in [0.717, 1.165) is 49.3 Å². The molecule has 0 bridgehead atoms. The van der Waals surface area contributed by atoms with Crippen LogP contribution < -0.4 is 14.2 Å². The molecule has 3 aromatic carbocycles. The van der Waals surface area contributed by atoms with Crippen molar-refractivity contribution in [2.24, 2.45) is 0 Å². The summed E-state index contributed by atoms with van der Waals surface area (Å²) in [5.41, 5.74) is 1.90. The van der Waals surface area contributed by atoms with Crippen molar-refractivity contribution >= 4 is 11.9 Å². The molecule has 0 heterocycles. The number of rotatable bonds is 23. The number of halogens is 1. The van der Waals surface area contributed by atoms with E-state index in [9.17, 15) is 14.0 Å². The van der Waals surface area contributed by atoms with Crippen molar-refractivity contribution in [1.82, 2.24) is 0 Å². The molecule has 0 saturated heterocycles. The molecule has 6 nitrogen and oxygen atoms in total. The predicted molar refractivity (Wildman–Crippen MR) is 186 cm³/mol. The van der Waals surface area contributed by atoms with Crippen molar-refractivity contribution in [2.75, 3.05) is 13.2 Å². The fourth-order valence-corrected chi connectivity index (χ4v) is 5.17. The summed E-state index contributed by atoms with van der Waals surface area (Å²) in [4.78, 5) is 25.1. The van der Waals surface area contributed by atoms with Crippen LogP contribution in [0, 0.1) is 5.82 Å². The van der Waals surface area contributed by atoms with Crippen molar-refractivity contribution in [1.29, 1.82) is 0 Å². The lowest BCUT2D eigenvalue weighted by Crippen LogP contribution is -2.26. The minimum Gasteiger partial charge on any atom is -0.491 e. The molecule has 256 valence electrons. The second kappa shape index (κ2) is 22.0. The van der Waals surface area contributed by atoms with Gasteiger partial charge >= 0.3 is 11.9 Å². The van der Waals surface area contributed by atoms with E-state index in [2.05, 4.69) is 13.8 Å². The minimum atomic E-state index is -0.652. The van der Waals surface area contributed by atoms with Gasteiger partial charge < -0.3 is 18.9 Å². The van der Waals surface area contributed by atoms with Crippen LogP contribution in [0.5, 0.6) is 17.2 Å². The van der Waals surface area contributed by atoms with Crippen molar-refractivity contribution < 1.29 is 32.9 Å². The SMILES string of the molecule is CCCCCCCCCCO[C@@H](C)C(=O)Oc1ccc(-c2ccc(OC(=O)c3ccc(OCCCCCCCC)c(F)c3)cc2)cc1. The van der Waals surface area contributed by atoms with Gasteiger partial charge in [-0.25, -0.2) is 14.0 Å². The lowest BCUT2D eigenvalue weighted by molar-refractivity contribution is -0.146. The van der Waals surface area contributed by atoms with Crippen LogP contribution in [0.4, 0.5) is 4.39 Å². The molecule has 0 unspecified atom stereocenters. The lowest BCUT2D eigenvalue weighted by atomic mass is 10.1. The van der Waals surface area contributed by atoms with Gasteiger partial charge in [-0.1, -0.05) is 115 Å². The van der Waals surface area contributed by atoms with Gasteiger partial charge in [0.25, 0.3) is 0 Å². The molecule has 3 aromatic rings. The first-order valence-electron chi connectivity index (χ1n) is 17.6. The fraction of sp³-hybridized carbons (Fsp3) is 0.500. The van der Waals surface area contributed by atoms with E-state index in [0.29, 0.717) is 24.7 Å². The van der Waals surface area contributed by atoms with Gasteiger partial charge in [-0.3, -0.25) is 0 Å². The second-order valence-electron chi connectivity index (χ2n) is 12.1. The number of carbonyl (C=O) groups is 2. The predicted octanol–water partition coefficient (Wildman–Crippen LogP) is 10.9. The summed E-state index contributed by atoms with van der Waals surface area (Å²) in [6.07, 6.45) is 15.8. The average Bonchev–Trinajstić information content (AvgIpc) is 3.08. The van der Waals surface area contributed by atoms with Gasteiger partial charge in [0.2, 0.25) is 0 Å². The third-order valence-corrected chi connectivity index (χ3v) is 8.09. The van der Waals surface area contributed by atoms with Gasteiger partial charge in [0, 0.05) is 6.61 Å². The zero-order valence-corrected chi connectivity index (χ0v) is 28.6. The Morgan fingerprint density at radius 2 is 1.11 bits per heavy atom. The Morgan fingerprint density at radius 1 is 0.617 bits per heavy atom. The molecule has 1 atom stereocenters. The number of esters is 2. The maximum absolute atomic E-state index is 14.6. The van der Waals surface area contributed by atoms with E-state index in [4.69, 9.17) is 18.9 Å². The summed E-state index contributed by atoms with van der Waals surface area (Å²) in [5, 5.41) is 0. The number of hydrogen-bond donors (Lipinski definition) is 0. The topological polar surface area (TPSA) is 71.1 Å². The molecule has 0 N–H and O–H groups in total. The van der Waals surface area contributed by atoms with Crippen molar-refractivity contribution in [2.45, 2.75) is 117 Å². The summed E-state index contributed by atoms with van der Waals surface area (Å²) in [6, 6.07) is 18.3. The molecular weight excluding hydrogens is 595 g/mol. The summed E-state index contributed by atoms with van der Waals surface area (Å²) in [7, 11) is 0. The molecule has 7 heteroatoms. The number of hydrogen-bond acceptors (Lipinski definition) is 6. The Bertz CT molecular complexity index is 1320. The minimum absolute atomic E-state index is 0.108. The smallest absolute Gasteiger partial charge is 0.343 e. The van der Waals surface area contributed by atoms with E-state index in [1.54, 1.807) is 31.2 Å². The van der Waals surface area contributed by atoms with E-state index >= 15 is 0 Å². The van der Waals surface area contributed by atoms with Gasteiger partial charge in [-0.05, 0) is 73.4 Å². The van der Waals surface area contributed by atoms with Crippen molar-refractivity contribution in [3.05, 3.63) is 78.1 Å². The van der Waals surface area contributed by atoms with Crippen LogP contribution in [0.15, 0.2) is 66.7 Å². The normalized spacial score (nSPS) is 11.7. The molecule has 0 fully saturated rings. The highest BCUT2D eigenvalue weighted by atomic mass is 19.1. The quantitative estimate of drug-likeness (QED) is 0.0579. The molecule has 0 aliphatic carbocycles. The second-order valence-corrected chi connectivity index (χ2v) is 12.1. The van der Waals surface area contributed by atoms with Crippen molar-refractivity contribution in [3.8, 4) is 28.4 Å². The number of carbonyl (C=O) groups excluding carboxylic acids is 2. The van der Waals surface area contributed by atoms with Gasteiger partial charge in [0.05, 0.1) is 12.2 Å². The standard InChI is InChI=1S/C40H53FO6/c1-4-6-8-10-12-13-15-16-28-44-31(3)39(42)46-35-23-18-32(19-24-35)33-20-25-36(26-21-33)47-40(43)34-22-27-38(37(41)30-34)45-29-17-14-11-9-7-5-2/h18-27,30-31H,4-17,28-29H2,1-3H3/t31-/m0/s1. The molecule has 3 rings (SSSR count). The fourth-order valence-electron chi connectivity index (χ4n) is 5.17. The molecular formula is C40H53FO6. The zero-order valence-electron chi connectivity index (χ0n) is 28.6. The molecule has 0 aromatic heterocycles. The molecule has 0 aliphatic rings. The van der Waals surface area contributed by atoms with E-state index in [-0.39, 0.29) is 11.3 Å². The molecule has 47 heavy (non-hydrogen) atoms. The van der Waals surface area contributed by atoms with E-state index in [1.165, 1.54) is 69.9 Å². The van der Waals surface area contributed by atoms with Crippen LogP contribution in [0.1, 0.15) is 121 Å². The first-order valence-corrected chi connectivity index (χ1v) is 17.6. The Hall–Kier alpha value is -3.71. The molecule has 0 saturated carbocycles. The van der Waals surface area contributed by atoms with Gasteiger partial charge in [0.1, 0.15) is 11.5 Å². The third-order valence-electron chi connectivity index (χ3n) is 8.09. The number of unbranched alkanes of at least 4 members (excludes halogenated alkanes) is 12. The molecule has 0 aliphatic heterocycles. The Morgan fingerprint density at radius 3 is 1.64 bits per heavy atom. The van der Waals surface area contributed by atoms with Crippen LogP contribution in [0.2, 0.25) is 0 Å². The average molecular weight is 649 g/mol. The summed E-state index contributed by atoms with van der Waals surface area (Å²) >= 11 is 0. The van der Waals surface area contributed by atoms with Crippen molar-refractivity contribution in [3.63, 3.8) is 0 Å². The summed E-state index contributed by atoms with van der Waals surface area (Å²) in [5.74, 6) is -0.736. The Labute approximate surface area is 281 Å². The first-order chi connectivity index (χ1) is 22.9. The lowest BCUT2D eigenvalue weighted by Gasteiger charge is -2.13. The first kappa shape index (κ1) is 37.7. The summed E-state index contributed by atoms with van der Waals surface area (Å²) < 4.78 is 36.8. The number of ether oxygens (including phenoxy) is 4. The highest BCUT2D eigenvalue weighted by Gasteiger charge is 2.16. The van der Waals surface area contributed by atoms with Gasteiger partial charge in [0.15, 0.2) is 17.7 Å². The van der Waals surface area contributed by atoms with E-state index < -0.39 is 23.9 Å². The molecule has 0 amide bonds. The molecule has 0 radical (unpaired) electrons. The third kappa shape index (κ3) is 14.3. The van der Waals surface area contributed by atoms with Crippen LogP contribution >= 0.6 is 0 Å². The Balaban J connectivity index is 1.39. The largest absolute Gasteiger partial charge is 0.491 e. The van der Waals surface area contributed by atoms with E-state index in [1.807, 2.05) is 24.3 Å². The number of benzene rings is 3. The maximum atomic E-state index is 14.6. The van der Waals surface area contributed by atoms with Crippen LogP contribution in [0.25, 0.3) is 11.1 Å². The monoisotopic (exact) mass is 648 g/mol. The Kier molecular flexibility index (Phi) is 17.6. The van der Waals surface area contributed by atoms with Crippen LogP contribution in [0.3, 0.4) is 0 Å². The maximum Gasteiger partial charge on any atom is 0.343 e. The van der Waals surface area contributed by atoms with Gasteiger partial charge in [-0.2, -0.15) is 0 Å². The zero-order chi connectivity index (χ0) is 33.7. The van der Waals surface area contributed by atoms with Gasteiger partial charge in [-0.15, -0.1) is 0 Å². The van der Waals surface area contributed by atoms with Crippen LogP contribution in [-0.2, 0) is 9.53 Å². The summed E-state index contributed by atoms with van der Waals surface area (Å²) in [6.45, 7) is 7.12. The highest BCUT2D eigenvalue weighted by Crippen LogP contribution is 2.26.